The highest BCUT2D eigenvalue weighted by atomic mass is 35.5. The summed E-state index contributed by atoms with van der Waals surface area (Å²) in [5.74, 6) is 0.935. The number of nitrogens with one attached hydrogen (secondary N) is 1. The molecule has 21 heavy (non-hydrogen) atoms. The molecule has 0 saturated carbocycles. The molecule has 1 N–H and O–H groups in total. The predicted molar refractivity (Wildman–Crippen MR) is 86.2 cm³/mol. The molecule has 1 aromatic rings. The van der Waals surface area contributed by atoms with Gasteiger partial charge >= 0.3 is 0 Å². The van der Waals surface area contributed by atoms with Crippen molar-refractivity contribution in [2.45, 2.75) is 18.5 Å². The first-order chi connectivity index (χ1) is 10.1. The fourth-order valence-corrected chi connectivity index (χ4v) is 2.48. The summed E-state index contributed by atoms with van der Waals surface area (Å²) in [6, 6.07) is 1.72. The van der Waals surface area contributed by atoms with Gasteiger partial charge in [-0.2, -0.15) is 0 Å². The van der Waals surface area contributed by atoms with Crippen LogP contribution in [0.4, 0.5) is 5.82 Å². The van der Waals surface area contributed by atoms with Crippen LogP contribution in [0.1, 0.15) is 13.3 Å². The minimum atomic E-state index is -0.0795. The molecule has 6 nitrogen and oxygen atoms in total. The van der Waals surface area contributed by atoms with Gasteiger partial charge in [0.2, 0.25) is 5.91 Å². The Balaban J connectivity index is 2.56. The lowest BCUT2D eigenvalue weighted by molar-refractivity contribution is -0.118. The smallest absolute Gasteiger partial charge is 0.230 e. The van der Waals surface area contributed by atoms with Gasteiger partial charge < -0.3 is 15.0 Å². The van der Waals surface area contributed by atoms with E-state index in [9.17, 15) is 4.79 Å². The summed E-state index contributed by atoms with van der Waals surface area (Å²) in [6.07, 6.45) is 1.02. The maximum Gasteiger partial charge on any atom is 0.230 e. The van der Waals surface area contributed by atoms with Crippen molar-refractivity contribution in [2.24, 2.45) is 0 Å². The maximum atomic E-state index is 11.6. The molecule has 0 fully saturated rings. The average molecular weight is 333 g/mol. The van der Waals surface area contributed by atoms with E-state index in [1.165, 1.54) is 11.8 Å². The normalized spacial score (nSPS) is 10.5. The lowest BCUT2D eigenvalue weighted by Gasteiger charge is -2.17. The molecule has 0 spiro atoms. The Morgan fingerprint density at radius 1 is 1.52 bits per heavy atom. The molecule has 1 aromatic heterocycles. The lowest BCUT2D eigenvalue weighted by Crippen LogP contribution is -2.28. The molecule has 118 valence electrons. The van der Waals surface area contributed by atoms with E-state index in [2.05, 4.69) is 22.2 Å². The summed E-state index contributed by atoms with van der Waals surface area (Å²) in [6.45, 7) is 3.97. The number of carbonyl (C=O) groups excluding carboxylic acids is 1. The van der Waals surface area contributed by atoms with Gasteiger partial charge in [-0.15, -0.1) is 0 Å². The molecule has 0 saturated heterocycles. The van der Waals surface area contributed by atoms with Gasteiger partial charge in [0.25, 0.3) is 0 Å². The first-order valence-electron chi connectivity index (χ1n) is 6.71. The second-order valence-electron chi connectivity index (χ2n) is 4.38. The van der Waals surface area contributed by atoms with Crippen molar-refractivity contribution in [3.8, 4) is 0 Å². The van der Waals surface area contributed by atoms with E-state index >= 15 is 0 Å². The zero-order valence-electron chi connectivity index (χ0n) is 12.6. The van der Waals surface area contributed by atoms with E-state index in [1.807, 2.05) is 11.9 Å². The third-order valence-corrected chi connectivity index (χ3v) is 3.61. The van der Waals surface area contributed by atoms with E-state index in [1.54, 1.807) is 13.2 Å². The van der Waals surface area contributed by atoms with Gasteiger partial charge in [0.05, 0.1) is 12.4 Å². The van der Waals surface area contributed by atoms with Gasteiger partial charge in [-0.05, 0) is 6.42 Å². The number of aromatic nitrogens is 2. The van der Waals surface area contributed by atoms with Gasteiger partial charge in [0, 0.05) is 33.3 Å². The monoisotopic (exact) mass is 332 g/mol. The average Bonchev–Trinajstić information content (AvgIpc) is 2.45. The molecule has 0 bridgehead atoms. The highest BCUT2D eigenvalue weighted by molar-refractivity contribution is 7.99. The number of rotatable bonds is 9. The summed E-state index contributed by atoms with van der Waals surface area (Å²) in [4.78, 5) is 22.2. The van der Waals surface area contributed by atoms with Gasteiger partial charge in [-0.3, -0.25) is 4.79 Å². The maximum absolute atomic E-state index is 11.6. The second-order valence-corrected chi connectivity index (χ2v) is 5.71. The van der Waals surface area contributed by atoms with Crippen molar-refractivity contribution in [3.63, 3.8) is 0 Å². The Bertz CT molecular complexity index is 462. The number of ether oxygens (including phenoxy) is 1. The van der Waals surface area contributed by atoms with Crippen molar-refractivity contribution >= 4 is 35.1 Å². The lowest BCUT2D eigenvalue weighted by atomic mass is 10.4. The number of amides is 1. The molecular weight excluding hydrogens is 312 g/mol. The van der Waals surface area contributed by atoms with E-state index in [-0.39, 0.29) is 11.7 Å². The third kappa shape index (κ3) is 6.97. The summed E-state index contributed by atoms with van der Waals surface area (Å²) < 4.78 is 4.87. The molecule has 1 heterocycles. The first-order valence-corrected chi connectivity index (χ1v) is 8.07. The van der Waals surface area contributed by atoms with E-state index < -0.39 is 0 Å². The topological polar surface area (TPSA) is 67.4 Å². The fraction of sp³-hybridized carbons (Fsp3) is 0.615. The van der Waals surface area contributed by atoms with Crippen LogP contribution in [-0.4, -0.2) is 55.5 Å². The van der Waals surface area contributed by atoms with Gasteiger partial charge in [-0.25, -0.2) is 9.97 Å². The number of hydrogen-bond donors (Lipinski definition) is 1. The molecule has 0 aliphatic heterocycles. The molecule has 0 radical (unpaired) electrons. The molecule has 8 heteroatoms. The van der Waals surface area contributed by atoms with E-state index in [0.29, 0.717) is 23.5 Å². The van der Waals surface area contributed by atoms with Crippen LogP contribution in [0.25, 0.3) is 0 Å². The van der Waals surface area contributed by atoms with E-state index in [0.717, 1.165) is 18.8 Å². The number of halogens is 1. The Hall–Kier alpha value is -1.05. The first kappa shape index (κ1) is 18.0. The summed E-state index contributed by atoms with van der Waals surface area (Å²) in [5.41, 5.74) is 0. The zero-order chi connectivity index (χ0) is 15.7. The second kappa shape index (κ2) is 9.81. The molecular formula is C13H21ClN4O2S. The van der Waals surface area contributed by atoms with Crippen LogP contribution in [0, 0.1) is 0 Å². The van der Waals surface area contributed by atoms with Crippen LogP contribution < -0.4 is 10.2 Å². The number of anilines is 1. The number of carbonyl (C=O) groups is 1. The number of methoxy groups -OCH3 is 1. The van der Waals surface area contributed by atoms with Crippen molar-refractivity contribution in [1.82, 2.24) is 15.3 Å². The Morgan fingerprint density at radius 2 is 2.29 bits per heavy atom. The quantitative estimate of drug-likeness (QED) is 0.322. The number of hydrogen-bond acceptors (Lipinski definition) is 6. The van der Waals surface area contributed by atoms with Crippen LogP contribution in [-0.2, 0) is 9.53 Å². The van der Waals surface area contributed by atoms with Gasteiger partial charge in [0.15, 0.2) is 5.16 Å². The highest BCUT2D eigenvalue weighted by Gasteiger charge is 2.09. The van der Waals surface area contributed by atoms with Crippen LogP contribution in [0.5, 0.6) is 0 Å². The SMILES string of the molecule is CCCN(C)c1cc(Cl)nc(SCC(=O)NCCOC)n1. The molecule has 0 aliphatic carbocycles. The van der Waals surface area contributed by atoms with Gasteiger partial charge in [-0.1, -0.05) is 30.3 Å². The van der Waals surface area contributed by atoms with Crippen LogP contribution in [0.3, 0.4) is 0 Å². The number of thioether (sulfide) groups is 1. The highest BCUT2D eigenvalue weighted by Crippen LogP contribution is 2.21. The molecule has 0 unspecified atom stereocenters. The van der Waals surface area contributed by atoms with Crippen molar-refractivity contribution in [3.05, 3.63) is 11.2 Å². The number of nitrogens with zero attached hydrogens (tertiary/aromatic N) is 3. The summed E-state index contributed by atoms with van der Waals surface area (Å²) in [7, 11) is 3.54. The van der Waals surface area contributed by atoms with Crippen LogP contribution in [0.2, 0.25) is 5.15 Å². The van der Waals surface area contributed by atoms with Crippen molar-refractivity contribution in [2.75, 3.05) is 44.5 Å². The zero-order valence-corrected chi connectivity index (χ0v) is 14.1. The van der Waals surface area contributed by atoms with E-state index in [4.69, 9.17) is 16.3 Å². The molecule has 1 rings (SSSR count). The predicted octanol–water partition coefficient (Wildman–Crippen LogP) is 1.83. The third-order valence-electron chi connectivity index (χ3n) is 2.57. The Morgan fingerprint density at radius 3 is 2.95 bits per heavy atom. The Kier molecular flexibility index (Phi) is 8.41. The molecule has 0 atom stereocenters. The minimum Gasteiger partial charge on any atom is -0.383 e. The van der Waals surface area contributed by atoms with Crippen LogP contribution in [0.15, 0.2) is 11.2 Å². The molecule has 0 aliphatic rings. The Labute approximate surface area is 134 Å². The standard InChI is InChI=1S/C13H21ClN4O2S/c1-4-6-18(2)11-8-10(14)16-13(17-11)21-9-12(19)15-5-7-20-3/h8H,4-7,9H2,1-3H3,(H,15,19). The summed E-state index contributed by atoms with van der Waals surface area (Å²) >= 11 is 7.27. The molecule has 1 amide bonds. The largest absolute Gasteiger partial charge is 0.383 e. The minimum absolute atomic E-state index is 0.0795. The van der Waals surface area contributed by atoms with Crippen LogP contribution >= 0.6 is 23.4 Å². The molecule has 0 aromatic carbocycles. The van der Waals surface area contributed by atoms with Gasteiger partial charge in [0.1, 0.15) is 11.0 Å². The van der Waals surface area contributed by atoms with Crippen molar-refractivity contribution in [1.29, 1.82) is 0 Å². The fourth-order valence-electron chi connectivity index (χ4n) is 1.57. The summed E-state index contributed by atoms with van der Waals surface area (Å²) in [5, 5.41) is 3.62. The van der Waals surface area contributed by atoms with Crippen molar-refractivity contribution < 1.29 is 9.53 Å².